The maximum absolute atomic E-state index is 12.7. The van der Waals surface area contributed by atoms with Crippen molar-refractivity contribution in [2.45, 2.75) is 45.3 Å². The van der Waals surface area contributed by atoms with E-state index in [0.29, 0.717) is 5.13 Å². The van der Waals surface area contributed by atoms with Crippen molar-refractivity contribution in [3.63, 3.8) is 0 Å². The minimum absolute atomic E-state index is 0. The van der Waals surface area contributed by atoms with Crippen LogP contribution in [0.15, 0.2) is 6.20 Å². The minimum atomic E-state index is -0.877. The Labute approximate surface area is 135 Å². The van der Waals surface area contributed by atoms with Gasteiger partial charge in [-0.25, -0.2) is 4.98 Å². The van der Waals surface area contributed by atoms with Crippen molar-refractivity contribution in [2.75, 3.05) is 11.9 Å². The Morgan fingerprint density at radius 1 is 1.57 bits per heavy atom. The summed E-state index contributed by atoms with van der Waals surface area (Å²) in [6.07, 6.45) is 3.77. The highest BCUT2D eigenvalue weighted by atomic mass is 35.5. The zero-order chi connectivity index (χ0) is 14.5. The molecule has 1 amide bonds. The molecule has 0 bridgehead atoms. The number of fused-ring (bicyclic) bond motifs is 1. The molecule has 2 fully saturated rings. The second-order valence-electron chi connectivity index (χ2n) is 6.36. The summed E-state index contributed by atoms with van der Waals surface area (Å²) < 4.78 is 5.82. The Morgan fingerprint density at radius 2 is 2.29 bits per heavy atom. The number of amides is 1. The number of aryl methyl sites for hydroxylation is 1. The van der Waals surface area contributed by atoms with Gasteiger partial charge in [-0.05, 0) is 19.8 Å². The summed E-state index contributed by atoms with van der Waals surface area (Å²) in [4.78, 5) is 17.9. The second kappa shape index (κ2) is 5.50. The van der Waals surface area contributed by atoms with Crippen molar-refractivity contribution in [1.29, 1.82) is 0 Å². The lowest BCUT2D eigenvalue weighted by atomic mass is 9.46. The minimum Gasteiger partial charge on any atom is -0.377 e. The first-order valence-electron chi connectivity index (χ1n) is 7.01. The Bertz CT molecular complexity index is 548. The fraction of sp³-hybridized carbons (Fsp3) is 0.714. The summed E-state index contributed by atoms with van der Waals surface area (Å²) in [7, 11) is 0. The van der Waals surface area contributed by atoms with E-state index in [9.17, 15) is 4.79 Å². The third kappa shape index (κ3) is 2.29. The fourth-order valence-electron chi connectivity index (χ4n) is 3.65. The number of ether oxygens (including phenoxy) is 1. The van der Waals surface area contributed by atoms with Gasteiger partial charge in [-0.2, -0.15) is 0 Å². The van der Waals surface area contributed by atoms with Gasteiger partial charge in [-0.15, -0.1) is 23.7 Å². The van der Waals surface area contributed by atoms with Crippen LogP contribution in [0.4, 0.5) is 5.13 Å². The molecule has 1 aromatic heterocycles. The number of hydrogen-bond donors (Lipinski definition) is 2. The van der Waals surface area contributed by atoms with Gasteiger partial charge in [0.2, 0.25) is 5.91 Å². The molecule has 0 aromatic carbocycles. The summed E-state index contributed by atoms with van der Waals surface area (Å²) >= 11 is 1.47. The Hall–Kier alpha value is -0.690. The number of aromatic nitrogens is 1. The molecule has 1 aliphatic carbocycles. The number of halogens is 1. The highest BCUT2D eigenvalue weighted by Crippen LogP contribution is 2.57. The molecule has 3 rings (SSSR count). The number of hydrogen-bond acceptors (Lipinski definition) is 5. The monoisotopic (exact) mass is 331 g/mol. The van der Waals surface area contributed by atoms with Gasteiger partial charge in [0, 0.05) is 29.0 Å². The van der Waals surface area contributed by atoms with Gasteiger partial charge in [-0.3, -0.25) is 4.79 Å². The lowest BCUT2D eigenvalue weighted by Gasteiger charge is -2.64. The maximum atomic E-state index is 12.7. The van der Waals surface area contributed by atoms with Gasteiger partial charge in [0.25, 0.3) is 0 Å². The summed E-state index contributed by atoms with van der Waals surface area (Å²) in [5.74, 6) is -0.0316. The highest BCUT2D eigenvalue weighted by molar-refractivity contribution is 7.15. The van der Waals surface area contributed by atoms with E-state index in [1.165, 1.54) is 11.3 Å². The van der Waals surface area contributed by atoms with Crippen molar-refractivity contribution in [1.82, 2.24) is 4.98 Å². The van der Waals surface area contributed by atoms with E-state index < -0.39 is 5.54 Å². The first-order chi connectivity index (χ1) is 9.37. The van der Waals surface area contributed by atoms with Crippen molar-refractivity contribution >= 4 is 34.8 Å². The van der Waals surface area contributed by atoms with Crippen LogP contribution in [0, 0.1) is 18.3 Å². The van der Waals surface area contributed by atoms with E-state index in [4.69, 9.17) is 10.5 Å². The number of nitrogens with two attached hydrogens (primary N) is 1. The zero-order valence-corrected chi connectivity index (χ0v) is 14.1. The van der Waals surface area contributed by atoms with Crippen molar-refractivity contribution in [3.8, 4) is 0 Å². The average molecular weight is 332 g/mol. The van der Waals surface area contributed by atoms with Gasteiger partial charge in [0.1, 0.15) is 5.54 Å². The van der Waals surface area contributed by atoms with Gasteiger partial charge < -0.3 is 15.8 Å². The molecule has 0 spiro atoms. The lowest BCUT2D eigenvalue weighted by molar-refractivity contribution is -0.222. The van der Waals surface area contributed by atoms with Gasteiger partial charge in [0.05, 0.1) is 6.10 Å². The Kier molecular flexibility index (Phi) is 4.37. The maximum Gasteiger partial charge on any atom is 0.247 e. The number of carbonyl (C=O) groups excluding carboxylic acids is 1. The van der Waals surface area contributed by atoms with E-state index in [1.54, 1.807) is 6.20 Å². The summed E-state index contributed by atoms with van der Waals surface area (Å²) in [5.41, 5.74) is 5.29. The van der Waals surface area contributed by atoms with Crippen LogP contribution in [0.2, 0.25) is 0 Å². The van der Waals surface area contributed by atoms with Crippen LogP contribution in [0.5, 0.6) is 0 Å². The number of anilines is 1. The van der Waals surface area contributed by atoms with Crippen molar-refractivity contribution < 1.29 is 9.53 Å². The molecule has 21 heavy (non-hydrogen) atoms. The predicted octanol–water partition coefficient (Wildman–Crippen LogP) is 2.34. The Morgan fingerprint density at radius 3 is 2.90 bits per heavy atom. The molecule has 3 N–H and O–H groups in total. The zero-order valence-electron chi connectivity index (χ0n) is 12.5. The van der Waals surface area contributed by atoms with Crippen LogP contribution in [0.3, 0.4) is 0 Å². The van der Waals surface area contributed by atoms with E-state index >= 15 is 0 Å². The molecule has 3 atom stereocenters. The number of nitrogens with zero attached hydrogens (tertiary/aromatic N) is 1. The summed E-state index contributed by atoms with van der Waals surface area (Å²) in [6.45, 7) is 6.77. The molecule has 1 aliphatic heterocycles. The summed E-state index contributed by atoms with van der Waals surface area (Å²) in [6, 6.07) is 0. The molecule has 2 heterocycles. The van der Waals surface area contributed by atoms with Crippen LogP contribution in [0.25, 0.3) is 0 Å². The molecular formula is C14H22ClN3O2S. The number of rotatable bonds is 2. The van der Waals surface area contributed by atoms with Crippen LogP contribution in [-0.4, -0.2) is 29.1 Å². The number of nitrogens with one attached hydrogen (secondary N) is 1. The molecule has 1 saturated carbocycles. The number of carbonyl (C=O) groups is 1. The topological polar surface area (TPSA) is 77.2 Å². The third-order valence-electron chi connectivity index (χ3n) is 4.90. The van der Waals surface area contributed by atoms with E-state index in [2.05, 4.69) is 10.3 Å². The van der Waals surface area contributed by atoms with Gasteiger partial charge in [-0.1, -0.05) is 13.8 Å². The van der Waals surface area contributed by atoms with Crippen LogP contribution >= 0.6 is 23.7 Å². The first kappa shape index (κ1) is 16.7. The molecule has 1 saturated heterocycles. The lowest BCUT2D eigenvalue weighted by Crippen LogP contribution is -2.81. The van der Waals surface area contributed by atoms with E-state index in [-0.39, 0.29) is 35.8 Å². The Balaban J connectivity index is 0.00000161. The van der Waals surface area contributed by atoms with E-state index in [1.807, 2.05) is 20.8 Å². The molecule has 118 valence electrons. The number of thiazole rings is 1. The first-order valence-corrected chi connectivity index (χ1v) is 7.83. The third-order valence-corrected chi connectivity index (χ3v) is 5.73. The fourth-order valence-corrected chi connectivity index (χ4v) is 4.31. The highest BCUT2D eigenvalue weighted by Gasteiger charge is 2.70. The van der Waals surface area contributed by atoms with Gasteiger partial charge in [0.15, 0.2) is 5.13 Å². The van der Waals surface area contributed by atoms with Crippen LogP contribution < -0.4 is 11.1 Å². The average Bonchev–Trinajstić information content (AvgIpc) is 2.83. The molecule has 7 heteroatoms. The normalized spacial score (nSPS) is 33.3. The molecular weight excluding hydrogens is 310 g/mol. The standard InChI is InChI=1S/C14H21N3O2S.ClH/c1-8-7-16-12(20-8)17-11(18)14(15)9-5-4-6-19-10(9)13(14,2)3;/h7,9-10H,4-6,15H2,1-3H3,(H,16,17,18);1H. The SMILES string of the molecule is Cc1cnc(NC(=O)C2(N)C3CCCOC3C2(C)C)s1.Cl. The second-order valence-corrected chi connectivity index (χ2v) is 7.60. The molecule has 1 aromatic rings. The van der Waals surface area contributed by atoms with Crippen molar-refractivity contribution in [3.05, 3.63) is 11.1 Å². The summed E-state index contributed by atoms with van der Waals surface area (Å²) in [5, 5.41) is 3.50. The molecule has 0 radical (unpaired) electrons. The van der Waals surface area contributed by atoms with Crippen molar-refractivity contribution in [2.24, 2.45) is 17.1 Å². The molecule has 5 nitrogen and oxygen atoms in total. The van der Waals surface area contributed by atoms with Crippen LogP contribution in [0.1, 0.15) is 31.6 Å². The predicted molar refractivity (Wildman–Crippen MR) is 85.9 cm³/mol. The molecule has 2 aliphatic rings. The molecule has 3 unspecified atom stereocenters. The smallest absolute Gasteiger partial charge is 0.247 e. The quantitative estimate of drug-likeness (QED) is 0.872. The van der Waals surface area contributed by atoms with E-state index in [0.717, 1.165) is 24.3 Å². The van der Waals surface area contributed by atoms with Crippen LogP contribution in [-0.2, 0) is 9.53 Å². The largest absolute Gasteiger partial charge is 0.377 e. The van der Waals surface area contributed by atoms with Gasteiger partial charge >= 0.3 is 0 Å².